The molecule has 120 valence electrons. The Bertz CT molecular complexity index is 824. The summed E-state index contributed by atoms with van der Waals surface area (Å²) >= 11 is 5.69. The zero-order chi connectivity index (χ0) is 16.4. The van der Waals surface area contributed by atoms with Gasteiger partial charge in [-0.25, -0.2) is 0 Å². The largest absolute Gasteiger partial charge is 0.492 e. The summed E-state index contributed by atoms with van der Waals surface area (Å²) < 4.78 is 7.83. The van der Waals surface area contributed by atoms with Gasteiger partial charge in [0.1, 0.15) is 12.4 Å². The minimum Gasteiger partial charge on any atom is -0.492 e. The van der Waals surface area contributed by atoms with E-state index in [0.29, 0.717) is 12.5 Å². The van der Waals surface area contributed by atoms with Crippen LogP contribution in [-0.4, -0.2) is 17.1 Å². The number of benzene rings is 2. The first-order valence-electron chi connectivity index (χ1n) is 7.62. The van der Waals surface area contributed by atoms with Crippen LogP contribution in [0.15, 0.2) is 42.5 Å². The highest BCUT2D eigenvalue weighted by molar-refractivity contribution is 6.18. The summed E-state index contributed by atoms with van der Waals surface area (Å²) in [7, 11) is 0. The van der Waals surface area contributed by atoms with E-state index < -0.39 is 0 Å². The van der Waals surface area contributed by atoms with Crippen molar-refractivity contribution in [3.8, 4) is 17.0 Å². The van der Waals surface area contributed by atoms with Gasteiger partial charge in [0, 0.05) is 29.2 Å². The molecule has 0 fully saturated rings. The molecule has 0 saturated carbocycles. The van der Waals surface area contributed by atoms with Crippen molar-refractivity contribution in [1.82, 2.24) is 4.57 Å². The maximum absolute atomic E-state index is 6.42. The molecule has 0 atom stereocenters. The van der Waals surface area contributed by atoms with Crippen LogP contribution in [-0.2, 0) is 6.54 Å². The molecule has 0 bridgehead atoms. The first kappa shape index (κ1) is 15.6. The average molecular weight is 330 g/mol. The van der Waals surface area contributed by atoms with E-state index >= 15 is 0 Å². The number of aromatic nitrogens is 1. The minimum absolute atomic E-state index is 0.464. The SMILES string of the molecule is CCn1c(-c2ccc(N)cc2)c(N)c2ccc(OCCCl)cc21. The summed E-state index contributed by atoms with van der Waals surface area (Å²) in [6.07, 6.45) is 0. The van der Waals surface area contributed by atoms with Crippen molar-refractivity contribution in [1.29, 1.82) is 0 Å². The third-order valence-electron chi connectivity index (χ3n) is 3.92. The Hall–Kier alpha value is -2.33. The molecule has 5 heteroatoms. The highest BCUT2D eigenvalue weighted by Crippen LogP contribution is 2.37. The quantitative estimate of drug-likeness (QED) is 0.547. The molecular weight excluding hydrogens is 310 g/mol. The van der Waals surface area contributed by atoms with Gasteiger partial charge >= 0.3 is 0 Å². The minimum atomic E-state index is 0.464. The monoisotopic (exact) mass is 329 g/mol. The lowest BCUT2D eigenvalue weighted by Gasteiger charge is -2.10. The van der Waals surface area contributed by atoms with Crippen molar-refractivity contribution in [2.24, 2.45) is 0 Å². The molecule has 0 radical (unpaired) electrons. The number of anilines is 2. The summed E-state index contributed by atoms with van der Waals surface area (Å²) in [5, 5.41) is 1.02. The smallest absolute Gasteiger partial charge is 0.121 e. The van der Waals surface area contributed by atoms with Gasteiger partial charge in [0.2, 0.25) is 0 Å². The summed E-state index contributed by atoms with van der Waals surface area (Å²) in [4.78, 5) is 0. The molecule has 23 heavy (non-hydrogen) atoms. The highest BCUT2D eigenvalue weighted by atomic mass is 35.5. The number of alkyl halides is 1. The van der Waals surface area contributed by atoms with Crippen molar-refractivity contribution < 1.29 is 4.74 Å². The maximum atomic E-state index is 6.42. The lowest BCUT2D eigenvalue weighted by Crippen LogP contribution is -2.00. The molecule has 3 rings (SSSR count). The lowest BCUT2D eigenvalue weighted by molar-refractivity contribution is 0.343. The van der Waals surface area contributed by atoms with E-state index in [9.17, 15) is 0 Å². The Labute approximate surface area is 140 Å². The third kappa shape index (κ3) is 2.82. The van der Waals surface area contributed by atoms with E-state index in [1.165, 1.54) is 0 Å². The molecule has 0 saturated heterocycles. The van der Waals surface area contributed by atoms with Crippen molar-refractivity contribution in [2.75, 3.05) is 24.0 Å². The zero-order valence-electron chi connectivity index (χ0n) is 13.1. The standard InChI is InChI=1S/C18H20ClN3O/c1-2-22-16-11-14(23-10-9-19)7-8-15(16)17(21)18(22)12-3-5-13(20)6-4-12/h3-8,11H,2,9-10,20-21H2,1H3. The van der Waals surface area contributed by atoms with E-state index in [1.807, 2.05) is 42.5 Å². The predicted octanol–water partition coefficient (Wildman–Crippen LogP) is 4.11. The molecule has 3 aromatic rings. The Morgan fingerprint density at radius 2 is 1.83 bits per heavy atom. The second-order valence-corrected chi connectivity index (χ2v) is 5.72. The van der Waals surface area contributed by atoms with Crippen LogP contribution in [0.1, 0.15) is 6.92 Å². The van der Waals surface area contributed by atoms with Crippen LogP contribution in [0.5, 0.6) is 5.75 Å². The topological polar surface area (TPSA) is 66.2 Å². The van der Waals surface area contributed by atoms with Crippen LogP contribution in [0.25, 0.3) is 22.2 Å². The van der Waals surface area contributed by atoms with Crippen LogP contribution in [0, 0.1) is 0 Å². The van der Waals surface area contributed by atoms with E-state index in [-0.39, 0.29) is 0 Å². The fourth-order valence-corrected chi connectivity index (χ4v) is 2.96. The van der Waals surface area contributed by atoms with Gasteiger partial charge in [-0.15, -0.1) is 11.6 Å². The van der Waals surface area contributed by atoms with Crippen LogP contribution >= 0.6 is 11.6 Å². The first-order chi connectivity index (χ1) is 11.2. The van der Waals surface area contributed by atoms with Gasteiger partial charge < -0.3 is 20.8 Å². The molecule has 2 aromatic carbocycles. The molecule has 0 aliphatic carbocycles. The summed E-state index contributed by atoms with van der Waals surface area (Å²) in [5.74, 6) is 1.26. The number of hydrogen-bond acceptors (Lipinski definition) is 3. The van der Waals surface area contributed by atoms with Crippen molar-refractivity contribution in [2.45, 2.75) is 13.5 Å². The molecule has 4 N–H and O–H groups in total. The first-order valence-corrected chi connectivity index (χ1v) is 8.15. The number of rotatable bonds is 5. The summed E-state index contributed by atoms with van der Waals surface area (Å²) in [6, 6.07) is 13.7. The molecule has 4 nitrogen and oxygen atoms in total. The number of nitrogens with zero attached hydrogens (tertiary/aromatic N) is 1. The van der Waals surface area contributed by atoms with Crippen LogP contribution in [0.4, 0.5) is 11.4 Å². The molecule has 0 aliphatic rings. The zero-order valence-corrected chi connectivity index (χ0v) is 13.8. The molecule has 1 heterocycles. The maximum Gasteiger partial charge on any atom is 0.121 e. The van der Waals surface area contributed by atoms with Gasteiger partial charge in [-0.1, -0.05) is 12.1 Å². The molecule has 0 amide bonds. The van der Waals surface area contributed by atoms with Gasteiger partial charge in [0.25, 0.3) is 0 Å². The molecule has 0 spiro atoms. The van der Waals surface area contributed by atoms with Gasteiger partial charge in [0.15, 0.2) is 0 Å². The normalized spacial score (nSPS) is 11.0. The van der Waals surface area contributed by atoms with Gasteiger partial charge in [0.05, 0.1) is 22.8 Å². The van der Waals surface area contributed by atoms with Crippen LogP contribution in [0.2, 0.25) is 0 Å². The van der Waals surface area contributed by atoms with Gasteiger partial charge in [-0.2, -0.15) is 0 Å². The average Bonchev–Trinajstić information content (AvgIpc) is 2.85. The van der Waals surface area contributed by atoms with E-state index in [0.717, 1.165) is 45.8 Å². The fourth-order valence-electron chi connectivity index (χ4n) is 2.88. The van der Waals surface area contributed by atoms with Crippen molar-refractivity contribution in [3.05, 3.63) is 42.5 Å². The number of nitrogens with two attached hydrogens (primary N) is 2. The Balaban J connectivity index is 2.17. The molecule has 1 aromatic heterocycles. The van der Waals surface area contributed by atoms with E-state index in [4.69, 9.17) is 27.8 Å². The van der Waals surface area contributed by atoms with Crippen molar-refractivity contribution >= 4 is 33.9 Å². The van der Waals surface area contributed by atoms with E-state index in [2.05, 4.69) is 11.5 Å². The van der Waals surface area contributed by atoms with Crippen LogP contribution in [0.3, 0.4) is 0 Å². The summed E-state index contributed by atoms with van der Waals surface area (Å²) in [6.45, 7) is 3.40. The molecule has 0 unspecified atom stereocenters. The Morgan fingerprint density at radius 1 is 1.09 bits per heavy atom. The predicted molar refractivity (Wildman–Crippen MR) is 98.1 cm³/mol. The lowest BCUT2D eigenvalue weighted by atomic mass is 10.1. The second kappa shape index (κ2) is 6.42. The summed E-state index contributed by atoms with van der Waals surface area (Å²) in [5.41, 5.74) is 16.8. The highest BCUT2D eigenvalue weighted by Gasteiger charge is 2.16. The van der Waals surface area contributed by atoms with Crippen molar-refractivity contribution in [3.63, 3.8) is 0 Å². The number of nitrogen functional groups attached to an aromatic ring is 2. The van der Waals surface area contributed by atoms with E-state index in [1.54, 1.807) is 0 Å². The molecule has 0 aliphatic heterocycles. The van der Waals surface area contributed by atoms with Gasteiger partial charge in [-0.3, -0.25) is 0 Å². The van der Waals surface area contributed by atoms with Crippen LogP contribution < -0.4 is 16.2 Å². The number of aryl methyl sites for hydroxylation is 1. The number of hydrogen-bond donors (Lipinski definition) is 2. The second-order valence-electron chi connectivity index (χ2n) is 5.34. The molecular formula is C18H20ClN3O. The van der Waals surface area contributed by atoms with Gasteiger partial charge in [-0.05, 0) is 31.2 Å². The number of fused-ring (bicyclic) bond motifs is 1. The number of ether oxygens (including phenoxy) is 1. The fraction of sp³-hybridized carbons (Fsp3) is 0.222. The number of halogens is 1. The Morgan fingerprint density at radius 3 is 2.48 bits per heavy atom. The Kier molecular flexibility index (Phi) is 4.35. The third-order valence-corrected chi connectivity index (χ3v) is 4.08.